The lowest BCUT2D eigenvalue weighted by Gasteiger charge is -2.12. The maximum atomic E-state index is 11.6. The standard InChI is InChI=1S/C12H23N5O.2ClH/c1-4-5-10(13)12(18)14-6-7-17-8-15-16-11(17)9(2)3;;/h8-10H,4-7,13H2,1-3H3,(H,14,18);2*1H. The molecule has 0 bridgehead atoms. The lowest BCUT2D eigenvalue weighted by molar-refractivity contribution is -0.122. The monoisotopic (exact) mass is 325 g/mol. The van der Waals surface area contributed by atoms with E-state index in [4.69, 9.17) is 5.73 Å². The third-order valence-electron chi connectivity index (χ3n) is 2.75. The van der Waals surface area contributed by atoms with Crippen molar-refractivity contribution in [1.82, 2.24) is 20.1 Å². The van der Waals surface area contributed by atoms with Crippen molar-refractivity contribution in [2.45, 2.75) is 52.1 Å². The van der Waals surface area contributed by atoms with Crippen LogP contribution in [-0.2, 0) is 11.3 Å². The highest BCUT2D eigenvalue weighted by Crippen LogP contribution is 2.09. The maximum Gasteiger partial charge on any atom is 0.236 e. The van der Waals surface area contributed by atoms with Gasteiger partial charge >= 0.3 is 0 Å². The second kappa shape index (κ2) is 10.9. The molecule has 1 unspecified atom stereocenters. The van der Waals surface area contributed by atoms with E-state index in [2.05, 4.69) is 29.4 Å². The number of halogens is 2. The Morgan fingerprint density at radius 1 is 1.45 bits per heavy atom. The quantitative estimate of drug-likeness (QED) is 0.795. The van der Waals surface area contributed by atoms with Crippen LogP contribution < -0.4 is 11.1 Å². The van der Waals surface area contributed by atoms with Crippen LogP contribution in [0.15, 0.2) is 6.33 Å². The number of hydrogen-bond acceptors (Lipinski definition) is 4. The molecule has 1 aromatic heterocycles. The van der Waals surface area contributed by atoms with Crippen LogP contribution in [-0.4, -0.2) is 33.3 Å². The second-order valence-electron chi connectivity index (χ2n) is 4.72. The summed E-state index contributed by atoms with van der Waals surface area (Å²) in [6.07, 6.45) is 3.32. The zero-order valence-electron chi connectivity index (χ0n) is 12.2. The van der Waals surface area contributed by atoms with Gasteiger partial charge in [0.25, 0.3) is 0 Å². The number of carbonyl (C=O) groups excluding carboxylic acids is 1. The molecule has 118 valence electrons. The minimum Gasteiger partial charge on any atom is -0.353 e. The van der Waals surface area contributed by atoms with E-state index in [9.17, 15) is 4.79 Å². The summed E-state index contributed by atoms with van der Waals surface area (Å²) in [5.41, 5.74) is 5.72. The van der Waals surface area contributed by atoms with E-state index in [1.165, 1.54) is 0 Å². The lowest BCUT2D eigenvalue weighted by atomic mass is 10.2. The van der Waals surface area contributed by atoms with Crippen molar-refractivity contribution in [3.63, 3.8) is 0 Å². The zero-order valence-corrected chi connectivity index (χ0v) is 13.8. The Morgan fingerprint density at radius 3 is 2.65 bits per heavy atom. The molecule has 0 fully saturated rings. The number of amides is 1. The Labute approximate surface area is 132 Å². The molecule has 0 aliphatic carbocycles. The van der Waals surface area contributed by atoms with Gasteiger partial charge in [0.2, 0.25) is 5.91 Å². The number of carbonyl (C=O) groups is 1. The van der Waals surface area contributed by atoms with Gasteiger partial charge in [-0.2, -0.15) is 0 Å². The van der Waals surface area contributed by atoms with E-state index in [1.807, 2.05) is 11.5 Å². The van der Waals surface area contributed by atoms with E-state index in [1.54, 1.807) is 6.33 Å². The number of hydrogen-bond donors (Lipinski definition) is 2. The van der Waals surface area contributed by atoms with Gasteiger partial charge in [0, 0.05) is 19.0 Å². The van der Waals surface area contributed by atoms with Crippen molar-refractivity contribution in [2.75, 3.05) is 6.54 Å². The predicted octanol–water partition coefficient (Wildman–Crippen LogP) is 1.49. The van der Waals surface area contributed by atoms with E-state index in [0.717, 1.165) is 18.7 Å². The summed E-state index contributed by atoms with van der Waals surface area (Å²) in [6, 6.07) is -0.402. The molecule has 1 atom stereocenters. The Morgan fingerprint density at radius 2 is 2.10 bits per heavy atom. The number of nitrogens with zero attached hydrogens (tertiary/aromatic N) is 3. The van der Waals surface area contributed by atoms with Crippen molar-refractivity contribution >= 4 is 30.7 Å². The fourth-order valence-corrected chi connectivity index (χ4v) is 1.76. The predicted molar refractivity (Wildman–Crippen MR) is 84.5 cm³/mol. The van der Waals surface area contributed by atoms with E-state index < -0.39 is 6.04 Å². The van der Waals surface area contributed by atoms with Crippen molar-refractivity contribution in [1.29, 1.82) is 0 Å². The molecule has 6 nitrogen and oxygen atoms in total. The van der Waals surface area contributed by atoms with E-state index in [-0.39, 0.29) is 30.7 Å². The highest BCUT2D eigenvalue weighted by Gasteiger charge is 2.12. The van der Waals surface area contributed by atoms with Crippen LogP contribution >= 0.6 is 24.8 Å². The molecule has 8 heteroatoms. The molecule has 1 amide bonds. The molecule has 0 saturated heterocycles. The first kappa shape index (κ1) is 21.4. The molecule has 1 aromatic rings. The van der Waals surface area contributed by atoms with Gasteiger partial charge in [-0.1, -0.05) is 27.2 Å². The molecule has 1 heterocycles. The Bertz CT molecular complexity index is 384. The third-order valence-corrected chi connectivity index (χ3v) is 2.75. The summed E-state index contributed by atoms with van der Waals surface area (Å²) in [5.74, 6) is 1.17. The molecule has 1 rings (SSSR count). The summed E-state index contributed by atoms with van der Waals surface area (Å²) in [4.78, 5) is 11.6. The Kier molecular flexibility index (Phi) is 11.7. The van der Waals surface area contributed by atoms with Crippen molar-refractivity contribution in [3.8, 4) is 0 Å². The van der Waals surface area contributed by atoms with E-state index in [0.29, 0.717) is 19.0 Å². The lowest BCUT2D eigenvalue weighted by Crippen LogP contribution is -2.41. The van der Waals surface area contributed by atoms with Crippen LogP contribution in [0.4, 0.5) is 0 Å². The fourth-order valence-electron chi connectivity index (χ4n) is 1.76. The van der Waals surface area contributed by atoms with Crippen LogP contribution in [0.2, 0.25) is 0 Å². The van der Waals surface area contributed by atoms with Gasteiger partial charge in [0.15, 0.2) is 0 Å². The summed E-state index contributed by atoms with van der Waals surface area (Å²) >= 11 is 0. The molecular formula is C12H25Cl2N5O. The average molecular weight is 326 g/mol. The van der Waals surface area contributed by atoms with Gasteiger partial charge < -0.3 is 15.6 Å². The number of aromatic nitrogens is 3. The van der Waals surface area contributed by atoms with Crippen LogP contribution in [0, 0.1) is 0 Å². The van der Waals surface area contributed by atoms with Gasteiger partial charge in [-0.25, -0.2) is 0 Å². The van der Waals surface area contributed by atoms with Gasteiger partial charge in [0.05, 0.1) is 6.04 Å². The Balaban J connectivity index is 0. The number of rotatable bonds is 7. The number of nitrogens with one attached hydrogen (secondary N) is 1. The molecule has 3 N–H and O–H groups in total. The van der Waals surface area contributed by atoms with E-state index >= 15 is 0 Å². The maximum absolute atomic E-state index is 11.6. The second-order valence-corrected chi connectivity index (χ2v) is 4.72. The summed E-state index contributed by atoms with van der Waals surface area (Å²) in [6.45, 7) is 7.37. The highest BCUT2D eigenvalue weighted by molar-refractivity contribution is 5.85. The summed E-state index contributed by atoms with van der Waals surface area (Å²) in [7, 11) is 0. The van der Waals surface area contributed by atoms with Gasteiger partial charge in [-0.05, 0) is 6.42 Å². The number of nitrogens with two attached hydrogens (primary N) is 1. The first-order chi connectivity index (χ1) is 8.56. The average Bonchev–Trinajstić information content (AvgIpc) is 2.77. The van der Waals surface area contributed by atoms with Crippen LogP contribution in [0.1, 0.15) is 45.4 Å². The Hall–Kier alpha value is -0.850. The molecule has 0 radical (unpaired) electrons. The topological polar surface area (TPSA) is 85.8 Å². The largest absolute Gasteiger partial charge is 0.353 e. The SMILES string of the molecule is CCCC(N)C(=O)NCCn1cnnc1C(C)C.Cl.Cl. The molecular weight excluding hydrogens is 301 g/mol. The van der Waals surface area contributed by atoms with Gasteiger partial charge in [-0.15, -0.1) is 35.0 Å². The first-order valence-electron chi connectivity index (χ1n) is 6.47. The normalized spacial score (nSPS) is 11.4. The summed E-state index contributed by atoms with van der Waals surface area (Å²) < 4.78 is 1.95. The minimum absolute atomic E-state index is 0. The van der Waals surface area contributed by atoms with Crippen LogP contribution in [0.3, 0.4) is 0 Å². The van der Waals surface area contributed by atoms with Crippen molar-refractivity contribution in [2.24, 2.45) is 5.73 Å². The van der Waals surface area contributed by atoms with Gasteiger partial charge in [0.1, 0.15) is 12.2 Å². The summed E-state index contributed by atoms with van der Waals surface area (Å²) in [5, 5.41) is 10.8. The van der Waals surface area contributed by atoms with Gasteiger partial charge in [-0.3, -0.25) is 4.79 Å². The van der Waals surface area contributed by atoms with Crippen molar-refractivity contribution < 1.29 is 4.79 Å². The molecule has 0 aliphatic heterocycles. The fraction of sp³-hybridized carbons (Fsp3) is 0.750. The van der Waals surface area contributed by atoms with Crippen molar-refractivity contribution in [3.05, 3.63) is 12.2 Å². The highest BCUT2D eigenvalue weighted by atomic mass is 35.5. The van der Waals surface area contributed by atoms with Crippen LogP contribution in [0.25, 0.3) is 0 Å². The zero-order chi connectivity index (χ0) is 13.5. The smallest absolute Gasteiger partial charge is 0.236 e. The molecule has 0 saturated carbocycles. The van der Waals surface area contributed by atoms with Crippen LogP contribution in [0.5, 0.6) is 0 Å². The third kappa shape index (κ3) is 6.54. The minimum atomic E-state index is -0.402. The molecule has 20 heavy (non-hydrogen) atoms. The molecule has 0 spiro atoms. The molecule has 0 aliphatic rings. The molecule has 0 aromatic carbocycles. The first-order valence-corrected chi connectivity index (χ1v) is 6.47.